The highest BCUT2D eigenvalue weighted by molar-refractivity contribution is 5.89. The number of carbonyl (C=O) groups is 4. The molecule has 0 spiro atoms. The third-order valence-electron chi connectivity index (χ3n) is 3.56. The van der Waals surface area contributed by atoms with E-state index in [1.807, 2.05) is 30.3 Å². The molecule has 0 aliphatic heterocycles. The van der Waals surface area contributed by atoms with Crippen molar-refractivity contribution in [2.24, 2.45) is 0 Å². The predicted molar refractivity (Wildman–Crippen MR) is 105 cm³/mol. The van der Waals surface area contributed by atoms with Gasteiger partial charge in [0.1, 0.15) is 17.9 Å². The van der Waals surface area contributed by atoms with E-state index >= 15 is 0 Å². The number of carbonyl (C=O) groups excluding carboxylic acids is 4. The Hall–Kier alpha value is -2.90. The fraction of sp³-hybridized carbons (Fsp3) is 0.500. The largest absolute Gasteiger partial charge is 0.444 e. The number of amides is 3. The van der Waals surface area contributed by atoms with Crippen molar-refractivity contribution in [1.29, 1.82) is 0 Å². The maximum Gasteiger partial charge on any atom is 0.407 e. The lowest BCUT2D eigenvalue weighted by Crippen LogP contribution is -2.48. The second kappa shape index (κ2) is 11.7. The Kier molecular flexibility index (Phi) is 9.70. The lowest BCUT2D eigenvalue weighted by Gasteiger charge is -2.20. The zero-order valence-corrected chi connectivity index (χ0v) is 16.6. The quantitative estimate of drug-likeness (QED) is 0.411. The first kappa shape index (κ1) is 23.1. The zero-order valence-electron chi connectivity index (χ0n) is 16.6. The first-order valence-electron chi connectivity index (χ1n) is 9.23. The lowest BCUT2D eigenvalue weighted by atomic mass is 10.1. The van der Waals surface area contributed by atoms with Crippen LogP contribution in [0.1, 0.15) is 39.2 Å². The zero-order chi connectivity index (χ0) is 21.0. The van der Waals surface area contributed by atoms with Gasteiger partial charge in [0.2, 0.25) is 11.8 Å². The summed E-state index contributed by atoms with van der Waals surface area (Å²) in [4.78, 5) is 46.6. The Balaban J connectivity index is 2.36. The highest BCUT2D eigenvalue weighted by Crippen LogP contribution is 2.06. The average Bonchev–Trinajstić information content (AvgIpc) is 2.62. The van der Waals surface area contributed by atoms with Crippen LogP contribution >= 0.6 is 0 Å². The van der Waals surface area contributed by atoms with Crippen molar-refractivity contribution in [3.63, 3.8) is 0 Å². The van der Waals surface area contributed by atoms with Crippen LogP contribution in [-0.2, 0) is 25.5 Å². The summed E-state index contributed by atoms with van der Waals surface area (Å²) in [5.74, 6) is -0.788. The summed E-state index contributed by atoms with van der Waals surface area (Å²) in [5, 5.41) is 7.67. The second-order valence-corrected chi connectivity index (χ2v) is 7.23. The van der Waals surface area contributed by atoms with Gasteiger partial charge >= 0.3 is 6.09 Å². The van der Waals surface area contributed by atoms with Gasteiger partial charge in [-0.05, 0) is 32.8 Å². The van der Waals surface area contributed by atoms with Crippen molar-refractivity contribution >= 4 is 24.2 Å². The van der Waals surface area contributed by atoms with Crippen LogP contribution in [0.25, 0.3) is 0 Å². The summed E-state index contributed by atoms with van der Waals surface area (Å²) < 4.78 is 5.08. The van der Waals surface area contributed by atoms with E-state index in [2.05, 4.69) is 16.0 Å². The molecule has 0 bridgehead atoms. The van der Waals surface area contributed by atoms with Gasteiger partial charge in [0.15, 0.2) is 0 Å². The Labute approximate surface area is 165 Å². The summed E-state index contributed by atoms with van der Waals surface area (Å²) in [6, 6.07) is 8.57. The molecule has 28 heavy (non-hydrogen) atoms. The van der Waals surface area contributed by atoms with E-state index in [0.29, 0.717) is 12.7 Å². The number of ether oxygens (including phenoxy) is 1. The third kappa shape index (κ3) is 10.3. The second-order valence-electron chi connectivity index (χ2n) is 7.23. The minimum absolute atomic E-state index is 0.123. The van der Waals surface area contributed by atoms with Crippen LogP contribution in [0.2, 0.25) is 0 Å². The molecule has 1 aromatic rings. The number of rotatable bonds is 10. The number of aldehydes is 1. The maximum atomic E-state index is 12.2. The first-order chi connectivity index (χ1) is 13.2. The molecule has 0 aliphatic rings. The van der Waals surface area contributed by atoms with E-state index in [0.717, 1.165) is 5.56 Å². The first-order valence-corrected chi connectivity index (χ1v) is 9.23. The Morgan fingerprint density at radius 2 is 1.71 bits per heavy atom. The molecule has 8 nitrogen and oxygen atoms in total. The molecule has 1 atom stereocenters. The van der Waals surface area contributed by atoms with E-state index in [1.54, 1.807) is 20.8 Å². The molecule has 0 fully saturated rings. The van der Waals surface area contributed by atoms with Gasteiger partial charge in [-0.1, -0.05) is 30.3 Å². The van der Waals surface area contributed by atoms with Gasteiger partial charge in [-0.3, -0.25) is 9.59 Å². The smallest absolute Gasteiger partial charge is 0.407 e. The van der Waals surface area contributed by atoms with Gasteiger partial charge in [-0.2, -0.15) is 0 Å². The molecule has 154 valence electrons. The minimum atomic E-state index is -0.942. The molecule has 3 amide bonds. The molecule has 1 rings (SSSR count). The fourth-order valence-electron chi connectivity index (χ4n) is 2.28. The minimum Gasteiger partial charge on any atom is -0.444 e. The maximum absolute atomic E-state index is 12.2. The molecule has 8 heteroatoms. The van der Waals surface area contributed by atoms with Gasteiger partial charge in [-0.25, -0.2) is 4.79 Å². The van der Waals surface area contributed by atoms with Gasteiger partial charge < -0.3 is 25.5 Å². The van der Waals surface area contributed by atoms with Crippen molar-refractivity contribution in [3.05, 3.63) is 35.9 Å². The number of alkyl carbamates (subject to hydrolysis) is 1. The van der Waals surface area contributed by atoms with Crippen LogP contribution in [0, 0.1) is 0 Å². The molecule has 0 heterocycles. The molecule has 0 saturated heterocycles. The summed E-state index contributed by atoms with van der Waals surface area (Å²) in [7, 11) is 0. The van der Waals surface area contributed by atoms with Crippen LogP contribution in [0.4, 0.5) is 4.79 Å². The van der Waals surface area contributed by atoms with Crippen molar-refractivity contribution in [1.82, 2.24) is 16.0 Å². The average molecular weight is 391 g/mol. The molecular weight excluding hydrogens is 362 g/mol. The van der Waals surface area contributed by atoms with Crippen LogP contribution in [0.15, 0.2) is 30.3 Å². The normalized spacial score (nSPS) is 11.8. The van der Waals surface area contributed by atoms with Gasteiger partial charge in [-0.15, -0.1) is 0 Å². The molecule has 3 N–H and O–H groups in total. The molecule has 0 unspecified atom stereocenters. The number of benzene rings is 1. The SMILES string of the molecule is CC(C)(C)OC(=O)NCCNC(=O)[C@H](CC=O)NC(=O)CCc1ccccc1. The van der Waals surface area contributed by atoms with Gasteiger partial charge in [0.25, 0.3) is 0 Å². The number of aryl methyl sites for hydroxylation is 1. The molecule has 0 saturated carbocycles. The summed E-state index contributed by atoms with van der Waals surface area (Å²) >= 11 is 0. The molecule has 0 radical (unpaired) electrons. The van der Waals surface area contributed by atoms with Crippen LogP contribution in [0.3, 0.4) is 0 Å². The Bertz CT molecular complexity index is 656. The third-order valence-corrected chi connectivity index (χ3v) is 3.56. The molecule has 0 aromatic heterocycles. The summed E-state index contributed by atoms with van der Waals surface area (Å²) in [5.41, 5.74) is 0.411. The van der Waals surface area contributed by atoms with Crippen LogP contribution in [-0.4, -0.2) is 48.9 Å². The lowest BCUT2D eigenvalue weighted by molar-refractivity contribution is -0.129. The van der Waals surface area contributed by atoms with Crippen LogP contribution in [0.5, 0.6) is 0 Å². The van der Waals surface area contributed by atoms with Crippen LogP contribution < -0.4 is 16.0 Å². The van der Waals surface area contributed by atoms with E-state index in [1.165, 1.54) is 0 Å². The topological polar surface area (TPSA) is 114 Å². The fourth-order valence-corrected chi connectivity index (χ4v) is 2.28. The predicted octanol–water partition coefficient (Wildman–Crippen LogP) is 1.33. The molecule has 0 aliphatic carbocycles. The summed E-state index contributed by atoms with van der Waals surface area (Å²) in [6.07, 6.45) is 0.637. The van der Waals surface area contributed by atoms with Crippen molar-refractivity contribution in [3.8, 4) is 0 Å². The van der Waals surface area contributed by atoms with Crippen molar-refractivity contribution in [2.75, 3.05) is 13.1 Å². The van der Waals surface area contributed by atoms with E-state index < -0.39 is 23.6 Å². The molecule has 1 aromatic carbocycles. The summed E-state index contributed by atoms with van der Waals surface area (Å²) in [6.45, 7) is 5.56. The van der Waals surface area contributed by atoms with E-state index in [-0.39, 0.29) is 31.8 Å². The van der Waals surface area contributed by atoms with Gasteiger partial charge in [0, 0.05) is 25.9 Å². The standard InChI is InChI=1S/C20H29N3O5/c1-20(2,3)28-19(27)22-13-12-21-18(26)16(11-14-24)23-17(25)10-9-15-7-5-4-6-8-15/h4-8,14,16H,9-13H2,1-3H3,(H,21,26)(H,22,27)(H,23,25)/t16-/m0/s1. The number of nitrogens with one attached hydrogen (secondary N) is 3. The molecular formula is C20H29N3O5. The van der Waals surface area contributed by atoms with Gasteiger partial charge in [0.05, 0.1) is 0 Å². The van der Waals surface area contributed by atoms with Crippen molar-refractivity contribution in [2.45, 2.75) is 51.7 Å². The number of hydrogen-bond donors (Lipinski definition) is 3. The highest BCUT2D eigenvalue weighted by Gasteiger charge is 2.20. The van der Waals surface area contributed by atoms with E-state index in [4.69, 9.17) is 4.74 Å². The Morgan fingerprint density at radius 3 is 2.32 bits per heavy atom. The van der Waals surface area contributed by atoms with Crippen molar-refractivity contribution < 1.29 is 23.9 Å². The number of hydrogen-bond acceptors (Lipinski definition) is 5. The Morgan fingerprint density at radius 1 is 1.07 bits per heavy atom. The highest BCUT2D eigenvalue weighted by atomic mass is 16.6. The monoisotopic (exact) mass is 391 g/mol. The van der Waals surface area contributed by atoms with E-state index in [9.17, 15) is 19.2 Å².